The van der Waals surface area contributed by atoms with Crippen LogP contribution in [0.15, 0.2) is 91.0 Å². The van der Waals surface area contributed by atoms with E-state index in [0.29, 0.717) is 17.8 Å². The Bertz CT molecular complexity index is 1090. The van der Waals surface area contributed by atoms with Gasteiger partial charge in [0.15, 0.2) is 0 Å². The average molecular weight is 490 g/mol. The van der Waals surface area contributed by atoms with Crippen LogP contribution in [0.5, 0.6) is 0 Å². The van der Waals surface area contributed by atoms with Gasteiger partial charge in [-0.3, -0.25) is 9.88 Å². The van der Waals surface area contributed by atoms with Crippen molar-refractivity contribution in [3.05, 3.63) is 102 Å². The minimum Gasteiger partial charge on any atom is -0.320 e. The van der Waals surface area contributed by atoms with Crippen molar-refractivity contribution in [3.63, 3.8) is 0 Å². The smallest absolute Gasteiger partial charge is 0.253 e. The van der Waals surface area contributed by atoms with Crippen LogP contribution < -0.4 is 10.6 Å². The van der Waals surface area contributed by atoms with E-state index >= 15 is 4.57 Å². The highest BCUT2D eigenvalue weighted by Crippen LogP contribution is 2.61. The molecule has 0 aliphatic heterocycles. The first-order chi connectivity index (χ1) is 16.9. The lowest BCUT2D eigenvalue weighted by molar-refractivity contribution is 0.0479. The molecule has 35 heavy (non-hydrogen) atoms. The van der Waals surface area contributed by atoms with Gasteiger partial charge in [0.1, 0.15) is 5.78 Å². The number of benzene rings is 3. The van der Waals surface area contributed by atoms with E-state index in [9.17, 15) is 0 Å². The highest BCUT2D eigenvalue weighted by Gasteiger charge is 2.43. The fraction of sp³-hybridized carbons (Fsp3) is 0.419. The Balaban J connectivity index is 1.78. The zero-order valence-corrected chi connectivity index (χ0v) is 22.4. The Morgan fingerprint density at radius 1 is 0.800 bits per heavy atom. The molecule has 4 rings (SSSR count). The molecule has 1 N–H and O–H groups in total. The van der Waals surface area contributed by atoms with Gasteiger partial charge in [-0.25, -0.2) is 0 Å². The molecule has 1 unspecified atom stereocenters. The minimum absolute atomic E-state index is 0.00761. The lowest BCUT2D eigenvalue weighted by Crippen LogP contribution is -2.37. The third-order valence-corrected chi connectivity index (χ3v) is 10.3. The number of nitrogens with one attached hydrogen (secondary N) is 1. The van der Waals surface area contributed by atoms with E-state index in [1.807, 2.05) is 54.6 Å². The standard InChI is InChI=1S/C31H40NO2P/c1-23(2)29-21-20-24(3)22-30(29)34-35(33,28-18-12-7-13-19-28)31(27-16-10-6-11-17-27)32-25(4)26-14-8-5-9-15-26/h5-19,23-25,29-32H,20-22H2,1-4H3/t24-,25-,29+,30-,31+,35?/m1/s1. The quantitative estimate of drug-likeness (QED) is 0.309. The third-order valence-electron chi connectivity index (χ3n) is 7.53. The van der Waals surface area contributed by atoms with Gasteiger partial charge in [-0.15, -0.1) is 0 Å². The first kappa shape index (κ1) is 25.9. The molecule has 3 aromatic rings. The van der Waals surface area contributed by atoms with E-state index in [4.69, 9.17) is 4.52 Å². The SMILES string of the molecule is CC(C)[C@@H]1CC[C@@H](C)C[C@H]1OP(=O)(c1ccccc1)[C@H](N[C@H](C)c1ccccc1)c1ccccc1. The van der Waals surface area contributed by atoms with Crippen LogP contribution >= 0.6 is 7.37 Å². The molecule has 186 valence electrons. The second kappa shape index (κ2) is 11.7. The molecule has 0 spiro atoms. The van der Waals surface area contributed by atoms with E-state index in [2.05, 4.69) is 69.4 Å². The van der Waals surface area contributed by atoms with Gasteiger partial charge in [-0.2, -0.15) is 0 Å². The summed E-state index contributed by atoms with van der Waals surface area (Å²) in [4.78, 5) is 0. The molecular weight excluding hydrogens is 449 g/mol. The Hall–Kier alpha value is -2.19. The number of hydrogen-bond acceptors (Lipinski definition) is 3. The second-order valence-electron chi connectivity index (χ2n) is 10.5. The summed E-state index contributed by atoms with van der Waals surface area (Å²) in [5.74, 6) is 1.02. The van der Waals surface area contributed by atoms with Gasteiger partial charge in [-0.1, -0.05) is 106 Å². The maximum absolute atomic E-state index is 15.3. The van der Waals surface area contributed by atoms with Crippen LogP contribution in [0.4, 0.5) is 0 Å². The maximum Gasteiger partial charge on any atom is 0.253 e. The monoisotopic (exact) mass is 489 g/mol. The van der Waals surface area contributed by atoms with Gasteiger partial charge >= 0.3 is 0 Å². The van der Waals surface area contributed by atoms with Crippen molar-refractivity contribution in [1.29, 1.82) is 0 Å². The predicted molar refractivity (Wildman–Crippen MR) is 147 cm³/mol. The van der Waals surface area contributed by atoms with Crippen molar-refractivity contribution >= 4 is 12.7 Å². The van der Waals surface area contributed by atoms with Crippen molar-refractivity contribution in [2.24, 2.45) is 17.8 Å². The largest absolute Gasteiger partial charge is 0.320 e. The van der Waals surface area contributed by atoms with Gasteiger partial charge < -0.3 is 4.52 Å². The molecule has 0 amide bonds. The summed E-state index contributed by atoms with van der Waals surface area (Å²) in [5.41, 5.74) is 2.16. The van der Waals surface area contributed by atoms with E-state index < -0.39 is 13.2 Å². The Morgan fingerprint density at radius 2 is 1.34 bits per heavy atom. The van der Waals surface area contributed by atoms with Crippen molar-refractivity contribution in [3.8, 4) is 0 Å². The minimum atomic E-state index is -3.36. The summed E-state index contributed by atoms with van der Waals surface area (Å²) in [7, 11) is -3.36. The van der Waals surface area contributed by atoms with E-state index in [1.54, 1.807) is 0 Å². The van der Waals surface area contributed by atoms with Crippen LogP contribution in [0.25, 0.3) is 0 Å². The molecule has 6 atom stereocenters. The number of hydrogen-bond donors (Lipinski definition) is 1. The van der Waals surface area contributed by atoms with Crippen LogP contribution in [0.1, 0.15) is 69.9 Å². The molecule has 4 heteroatoms. The molecule has 3 nitrogen and oxygen atoms in total. The maximum atomic E-state index is 15.3. The van der Waals surface area contributed by atoms with Crippen LogP contribution in [0, 0.1) is 17.8 Å². The normalized spacial score (nSPS) is 24.0. The second-order valence-corrected chi connectivity index (χ2v) is 13.0. The zero-order valence-electron chi connectivity index (χ0n) is 21.5. The molecule has 0 heterocycles. The third kappa shape index (κ3) is 6.15. The fourth-order valence-electron chi connectivity index (χ4n) is 5.44. The van der Waals surface area contributed by atoms with Crippen LogP contribution in [0.3, 0.4) is 0 Å². The molecule has 3 aromatic carbocycles. The summed E-state index contributed by atoms with van der Waals surface area (Å²) < 4.78 is 22.3. The summed E-state index contributed by atoms with van der Waals surface area (Å²) >= 11 is 0. The molecule has 0 bridgehead atoms. The molecule has 0 saturated heterocycles. The van der Waals surface area contributed by atoms with Crippen molar-refractivity contribution in [2.45, 2.75) is 64.9 Å². The summed E-state index contributed by atoms with van der Waals surface area (Å²) in [6, 6.07) is 30.4. The molecule has 1 fully saturated rings. The Kier molecular flexibility index (Phi) is 8.65. The highest BCUT2D eigenvalue weighted by atomic mass is 31.2. The van der Waals surface area contributed by atoms with Gasteiger partial charge in [0.05, 0.1) is 6.10 Å². The van der Waals surface area contributed by atoms with E-state index in [-0.39, 0.29) is 12.1 Å². The Morgan fingerprint density at radius 3 is 1.91 bits per heavy atom. The van der Waals surface area contributed by atoms with E-state index in [1.165, 1.54) is 12.0 Å². The zero-order chi connectivity index (χ0) is 24.8. The lowest BCUT2D eigenvalue weighted by Gasteiger charge is -2.41. The highest BCUT2D eigenvalue weighted by molar-refractivity contribution is 7.67. The predicted octanol–water partition coefficient (Wildman–Crippen LogP) is 8.12. The van der Waals surface area contributed by atoms with E-state index in [0.717, 1.165) is 23.7 Å². The Labute approximate surface area is 211 Å². The molecule has 1 saturated carbocycles. The fourth-order valence-corrected chi connectivity index (χ4v) is 8.20. The summed E-state index contributed by atoms with van der Waals surface area (Å²) in [5, 5.41) is 4.53. The van der Waals surface area contributed by atoms with Gasteiger partial charge in [0.25, 0.3) is 7.37 Å². The first-order valence-corrected chi connectivity index (χ1v) is 14.8. The lowest BCUT2D eigenvalue weighted by atomic mass is 9.75. The summed E-state index contributed by atoms with van der Waals surface area (Å²) in [6.45, 7) is 8.98. The van der Waals surface area contributed by atoms with Gasteiger partial charge in [-0.05, 0) is 60.8 Å². The first-order valence-electron chi connectivity index (χ1n) is 13.1. The number of rotatable bonds is 9. The van der Waals surface area contributed by atoms with Gasteiger partial charge in [0, 0.05) is 11.3 Å². The molecule has 1 aliphatic carbocycles. The average Bonchev–Trinajstić information content (AvgIpc) is 2.88. The van der Waals surface area contributed by atoms with Crippen LogP contribution in [-0.4, -0.2) is 6.10 Å². The molecule has 0 aromatic heterocycles. The summed E-state index contributed by atoms with van der Waals surface area (Å²) in [6.07, 6.45) is 3.27. The molecule has 0 radical (unpaired) electrons. The van der Waals surface area contributed by atoms with Crippen LogP contribution in [0.2, 0.25) is 0 Å². The van der Waals surface area contributed by atoms with Crippen molar-refractivity contribution in [2.75, 3.05) is 0 Å². The van der Waals surface area contributed by atoms with Crippen molar-refractivity contribution < 1.29 is 9.09 Å². The molecule has 1 aliphatic rings. The topological polar surface area (TPSA) is 38.3 Å². The van der Waals surface area contributed by atoms with Crippen LogP contribution in [-0.2, 0) is 9.09 Å². The van der Waals surface area contributed by atoms with Gasteiger partial charge in [0.2, 0.25) is 0 Å². The van der Waals surface area contributed by atoms with Crippen molar-refractivity contribution in [1.82, 2.24) is 5.32 Å². The molecular formula is C31H40NO2P.